The Morgan fingerprint density at radius 2 is 2.11 bits per heavy atom. The normalized spacial score (nSPS) is 10.8. The highest BCUT2D eigenvalue weighted by atomic mass is 16.5. The minimum Gasteiger partial charge on any atom is -0.496 e. The van der Waals surface area contributed by atoms with E-state index in [-0.39, 0.29) is 0 Å². The fourth-order valence-corrected chi connectivity index (χ4v) is 2.17. The van der Waals surface area contributed by atoms with Gasteiger partial charge in [-0.25, -0.2) is 4.98 Å². The second-order valence-corrected chi connectivity index (χ2v) is 4.12. The molecule has 0 unspecified atom stereocenters. The number of benzene rings is 1. The molecule has 2 heterocycles. The van der Waals surface area contributed by atoms with Crippen LogP contribution in [0, 0.1) is 0 Å². The van der Waals surface area contributed by atoms with Crippen molar-refractivity contribution in [3.05, 3.63) is 48.5 Å². The highest BCUT2D eigenvalue weighted by Gasteiger charge is 2.12. The summed E-state index contributed by atoms with van der Waals surface area (Å²) >= 11 is 0. The maximum atomic E-state index is 5.68. The molecule has 2 aromatic heterocycles. The third kappa shape index (κ3) is 1.84. The Morgan fingerprint density at radius 1 is 1.26 bits per heavy atom. The van der Waals surface area contributed by atoms with Crippen molar-refractivity contribution in [1.82, 2.24) is 14.4 Å². The number of hydrogen-bond donors (Lipinski definition) is 1. The zero-order valence-electron chi connectivity index (χ0n) is 10.6. The second-order valence-electron chi connectivity index (χ2n) is 4.12. The first-order valence-electron chi connectivity index (χ1n) is 5.99. The molecule has 0 fully saturated rings. The number of aromatic nitrogens is 3. The number of imidazole rings is 1. The van der Waals surface area contributed by atoms with Gasteiger partial charge in [0.15, 0.2) is 5.65 Å². The largest absolute Gasteiger partial charge is 0.496 e. The number of para-hydroxylation sites is 1. The SMILES string of the molecule is COc1ccccc1-c1cnc2c(CN)nccn12. The Bertz CT molecular complexity index is 720. The molecule has 0 aliphatic heterocycles. The van der Waals surface area contributed by atoms with E-state index in [0.717, 1.165) is 28.3 Å². The lowest BCUT2D eigenvalue weighted by Gasteiger charge is -2.08. The minimum atomic E-state index is 0.368. The van der Waals surface area contributed by atoms with Crippen molar-refractivity contribution in [3.8, 4) is 17.0 Å². The maximum absolute atomic E-state index is 5.68. The van der Waals surface area contributed by atoms with E-state index in [9.17, 15) is 0 Å². The van der Waals surface area contributed by atoms with Gasteiger partial charge in [0, 0.05) is 24.5 Å². The van der Waals surface area contributed by atoms with Gasteiger partial charge in [-0.1, -0.05) is 12.1 Å². The van der Waals surface area contributed by atoms with Gasteiger partial charge in [0.25, 0.3) is 0 Å². The van der Waals surface area contributed by atoms with E-state index in [4.69, 9.17) is 10.5 Å². The van der Waals surface area contributed by atoms with Gasteiger partial charge < -0.3 is 10.5 Å². The number of ether oxygens (including phenoxy) is 1. The monoisotopic (exact) mass is 254 g/mol. The summed E-state index contributed by atoms with van der Waals surface area (Å²) in [6.07, 6.45) is 5.42. The van der Waals surface area contributed by atoms with Crippen LogP contribution in [0.15, 0.2) is 42.9 Å². The third-order valence-corrected chi connectivity index (χ3v) is 3.08. The number of hydrogen-bond acceptors (Lipinski definition) is 4. The van der Waals surface area contributed by atoms with Crippen molar-refractivity contribution in [2.45, 2.75) is 6.54 Å². The van der Waals surface area contributed by atoms with Crippen LogP contribution in [-0.2, 0) is 6.54 Å². The van der Waals surface area contributed by atoms with Gasteiger partial charge in [-0.05, 0) is 12.1 Å². The third-order valence-electron chi connectivity index (χ3n) is 3.08. The Balaban J connectivity index is 2.26. The number of nitrogens with two attached hydrogens (primary N) is 1. The van der Waals surface area contributed by atoms with Crippen molar-refractivity contribution in [2.24, 2.45) is 5.73 Å². The molecule has 5 heteroatoms. The van der Waals surface area contributed by atoms with Crippen LogP contribution in [0.1, 0.15) is 5.69 Å². The Labute approximate surface area is 110 Å². The van der Waals surface area contributed by atoms with Gasteiger partial charge in [0.2, 0.25) is 0 Å². The Kier molecular flexibility index (Phi) is 2.89. The van der Waals surface area contributed by atoms with Crippen LogP contribution >= 0.6 is 0 Å². The molecule has 0 aliphatic carbocycles. The molecular weight excluding hydrogens is 240 g/mol. The van der Waals surface area contributed by atoms with Crippen molar-refractivity contribution in [3.63, 3.8) is 0 Å². The van der Waals surface area contributed by atoms with Crippen LogP contribution in [-0.4, -0.2) is 21.5 Å². The van der Waals surface area contributed by atoms with E-state index in [1.807, 2.05) is 41.1 Å². The molecule has 0 spiro atoms. The molecule has 0 amide bonds. The predicted octanol–water partition coefficient (Wildman–Crippen LogP) is 1.86. The summed E-state index contributed by atoms with van der Waals surface area (Å²) in [4.78, 5) is 8.64. The van der Waals surface area contributed by atoms with Crippen LogP contribution < -0.4 is 10.5 Å². The summed E-state index contributed by atoms with van der Waals surface area (Å²) < 4.78 is 7.37. The average molecular weight is 254 g/mol. The summed E-state index contributed by atoms with van der Waals surface area (Å²) in [6, 6.07) is 7.85. The first-order chi connectivity index (χ1) is 9.35. The zero-order chi connectivity index (χ0) is 13.2. The van der Waals surface area contributed by atoms with Crippen molar-refractivity contribution in [1.29, 1.82) is 0 Å². The minimum absolute atomic E-state index is 0.368. The van der Waals surface area contributed by atoms with Crippen LogP contribution in [0.3, 0.4) is 0 Å². The van der Waals surface area contributed by atoms with E-state index >= 15 is 0 Å². The zero-order valence-corrected chi connectivity index (χ0v) is 10.6. The van der Waals surface area contributed by atoms with Crippen molar-refractivity contribution >= 4 is 5.65 Å². The molecule has 0 atom stereocenters. The van der Waals surface area contributed by atoms with E-state index < -0.39 is 0 Å². The fraction of sp³-hybridized carbons (Fsp3) is 0.143. The molecule has 0 saturated carbocycles. The Morgan fingerprint density at radius 3 is 2.89 bits per heavy atom. The molecule has 3 aromatic rings. The lowest BCUT2D eigenvalue weighted by Crippen LogP contribution is -2.03. The molecule has 1 aromatic carbocycles. The predicted molar refractivity (Wildman–Crippen MR) is 72.9 cm³/mol. The summed E-state index contributed by atoms with van der Waals surface area (Å²) in [5.74, 6) is 0.815. The number of rotatable bonds is 3. The summed E-state index contributed by atoms with van der Waals surface area (Å²) in [6.45, 7) is 0.368. The van der Waals surface area contributed by atoms with Crippen molar-refractivity contribution < 1.29 is 4.74 Å². The van der Waals surface area contributed by atoms with E-state index in [2.05, 4.69) is 9.97 Å². The molecule has 5 nitrogen and oxygen atoms in total. The van der Waals surface area contributed by atoms with Gasteiger partial charge >= 0.3 is 0 Å². The van der Waals surface area contributed by atoms with E-state index in [1.54, 1.807) is 13.3 Å². The van der Waals surface area contributed by atoms with Gasteiger partial charge in [0.1, 0.15) is 5.75 Å². The Hall–Kier alpha value is -2.40. The van der Waals surface area contributed by atoms with Gasteiger partial charge in [-0.15, -0.1) is 0 Å². The molecular formula is C14H14N4O. The van der Waals surface area contributed by atoms with Crippen LogP contribution in [0.2, 0.25) is 0 Å². The molecule has 0 radical (unpaired) electrons. The number of methoxy groups -OCH3 is 1. The van der Waals surface area contributed by atoms with Crippen LogP contribution in [0.4, 0.5) is 0 Å². The van der Waals surface area contributed by atoms with Crippen LogP contribution in [0.5, 0.6) is 5.75 Å². The second kappa shape index (κ2) is 4.70. The molecule has 0 saturated heterocycles. The standard InChI is InChI=1S/C14H14N4O/c1-19-13-5-3-2-4-10(13)12-9-17-14-11(8-15)16-6-7-18(12)14/h2-7,9H,8,15H2,1H3. The lowest BCUT2D eigenvalue weighted by atomic mass is 10.1. The van der Waals surface area contributed by atoms with E-state index in [0.29, 0.717) is 6.54 Å². The summed E-state index contributed by atoms with van der Waals surface area (Å²) in [7, 11) is 1.66. The molecule has 0 bridgehead atoms. The number of fused-ring (bicyclic) bond motifs is 1. The van der Waals surface area contributed by atoms with Crippen molar-refractivity contribution in [2.75, 3.05) is 7.11 Å². The molecule has 2 N–H and O–H groups in total. The summed E-state index contributed by atoms with van der Waals surface area (Å²) in [5.41, 5.74) is 9.20. The van der Waals surface area contributed by atoms with E-state index in [1.165, 1.54) is 0 Å². The first kappa shape index (κ1) is 11.7. The molecule has 3 rings (SSSR count). The molecule has 96 valence electrons. The molecule has 19 heavy (non-hydrogen) atoms. The maximum Gasteiger partial charge on any atom is 0.160 e. The van der Waals surface area contributed by atoms with Crippen LogP contribution in [0.25, 0.3) is 16.9 Å². The van der Waals surface area contributed by atoms with Gasteiger partial charge in [-0.2, -0.15) is 0 Å². The average Bonchev–Trinajstić information content (AvgIpc) is 2.90. The topological polar surface area (TPSA) is 65.4 Å². The summed E-state index contributed by atoms with van der Waals surface area (Å²) in [5, 5.41) is 0. The first-order valence-corrected chi connectivity index (χ1v) is 5.99. The van der Waals surface area contributed by atoms with Gasteiger partial charge in [0.05, 0.1) is 24.7 Å². The van der Waals surface area contributed by atoms with Gasteiger partial charge in [-0.3, -0.25) is 9.38 Å². The highest BCUT2D eigenvalue weighted by Crippen LogP contribution is 2.30. The quantitative estimate of drug-likeness (QED) is 0.774. The molecule has 0 aliphatic rings. The smallest absolute Gasteiger partial charge is 0.160 e. The highest BCUT2D eigenvalue weighted by molar-refractivity contribution is 5.70. The number of nitrogens with zero attached hydrogens (tertiary/aromatic N) is 3. The lowest BCUT2D eigenvalue weighted by molar-refractivity contribution is 0.416. The fourth-order valence-electron chi connectivity index (χ4n) is 2.17.